The molecule has 1 amide bonds. The molecular formula is C35H28N3OP. The first-order chi connectivity index (χ1) is 19.7. The lowest BCUT2D eigenvalue weighted by Gasteiger charge is -2.32. The van der Waals surface area contributed by atoms with Gasteiger partial charge in [-0.25, -0.2) is 0 Å². The standard InChI is InChI=1S/C35H28N3OP/c1-27-32(35(39)38(37-27)28-16-6-2-7-17-28)26-36-33-24-14-15-25-34(33)40(29-18-8-3-9-19-29,30-20-10-4-11-21-30)31-22-12-5-13-23-31/h2-26H,1H3/b32-26+,36-33?. The van der Waals surface area contributed by atoms with Gasteiger partial charge in [-0.15, -0.1) is 0 Å². The maximum Gasteiger partial charge on any atom is 0.282 e. The van der Waals surface area contributed by atoms with Crippen LogP contribution in [0.15, 0.2) is 167 Å². The minimum Gasteiger partial charge on any atom is -0.267 e. The maximum absolute atomic E-state index is 13.4. The second-order valence-corrected chi connectivity index (χ2v) is 12.8. The number of carbonyl (C=O) groups excluding carboxylic acids is 1. The Morgan fingerprint density at radius 1 is 0.675 bits per heavy atom. The Morgan fingerprint density at radius 3 is 1.68 bits per heavy atom. The Kier molecular flexibility index (Phi) is 7.09. The molecule has 0 aromatic heterocycles. The third kappa shape index (κ3) is 4.53. The van der Waals surface area contributed by atoms with Gasteiger partial charge in [0.2, 0.25) is 0 Å². The van der Waals surface area contributed by atoms with Crippen LogP contribution < -0.4 is 20.9 Å². The fourth-order valence-corrected chi connectivity index (χ4v) is 9.59. The van der Waals surface area contributed by atoms with Gasteiger partial charge in [-0.1, -0.05) is 127 Å². The third-order valence-corrected chi connectivity index (χ3v) is 11.4. The van der Waals surface area contributed by atoms with E-state index >= 15 is 0 Å². The number of hydrogen-bond donors (Lipinski definition) is 0. The summed E-state index contributed by atoms with van der Waals surface area (Å²) in [5, 5.41) is 10.8. The molecule has 0 fully saturated rings. The van der Waals surface area contributed by atoms with Crippen molar-refractivity contribution in [2.45, 2.75) is 6.92 Å². The summed E-state index contributed by atoms with van der Waals surface area (Å²) >= 11 is 0. The highest BCUT2D eigenvalue weighted by Crippen LogP contribution is 2.47. The Bertz CT molecular complexity index is 1650. The lowest BCUT2D eigenvalue weighted by molar-refractivity contribution is -0.114. The van der Waals surface area contributed by atoms with Crippen LogP contribution in [0, 0.1) is 0 Å². The molecule has 0 radical (unpaired) electrons. The van der Waals surface area contributed by atoms with Crippen LogP contribution in [-0.4, -0.2) is 22.6 Å². The van der Waals surface area contributed by atoms with Crippen LogP contribution in [0.1, 0.15) is 6.92 Å². The number of nitrogens with zero attached hydrogens (tertiary/aromatic N) is 3. The number of amides is 1. The smallest absolute Gasteiger partial charge is 0.267 e. The van der Waals surface area contributed by atoms with Crippen LogP contribution in [0.4, 0.5) is 5.69 Å². The average Bonchev–Trinajstić information content (AvgIpc) is 3.31. The highest BCUT2D eigenvalue weighted by atomic mass is 31.2. The van der Waals surface area contributed by atoms with Crippen LogP contribution in [-0.2, 0) is 4.79 Å². The van der Waals surface area contributed by atoms with E-state index < -0.39 is 6.89 Å². The topological polar surface area (TPSA) is 45.0 Å². The molecule has 5 heteroatoms. The molecule has 4 aromatic rings. The van der Waals surface area contributed by atoms with Crippen molar-refractivity contribution in [3.63, 3.8) is 0 Å². The molecule has 2 aliphatic rings. The van der Waals surface area contributed by atoms with Gasteiger partial charge in [-0.2, -0.15) is 10.1 Å². The van der Waals surface area contributed by atoms with Gasteiger partial charge in [0.05, 0.1) is 22.7 Å². The van der Waals surface area contributed by atoms with E-state index in [1.54, 1.807) is 6.20 Å². The van der Waals surface area contributed by atoms with E-state index in [1.165, 1.54) is 20.9 Å². The summed E-state index contributed by atoms with van der Waals surface area (Å²) in [7, 11) is 0. The molecule has 1 aliphatic carbocycles. The van der Waals surface area contributed by atoms with E-state index in [4.69, 9.17) is 4.99 Å². The molecule has 194 valence electrons. The molecule has 6 rings (SSSR count). The minimum atomic E-state index is -2.34. The summed E-state index contributed by atoms with van der Waals surface area (Å²) in [6.07, 6.45) is 9.99. The number of carbonyl (C=O) groups is 1. The molecule has 0 unspecified atom stereocenters. The zero-order valence-corrected chi connectivity index (χ0v) is 23.0. The number of rotatable bonds is 5. The lowest BCUT2D eigenvalue weighted by atomic mass is 10.1. The maximum atomic E-state index is 13.4. The van der Waals surface area contributed by atoms with Gasteiger partial charge < -0.3 is 0 Å². The summed E-state index contributed by atoms with van der Waals surface area (Å²) in [5.41, 5.74) is 2.70. The van der Waals surface area contributed by atoms with Gasteiger partial charge in [0.25, 0.3) is 5.91 Å². The second-order valence-electron chi connectivity index (χ2n) is 9.48. The van der Waals surface area contributed by atoms with Crippen molar-refractivity contribution < 1.29 is 4.79 Å². The summed E-state index contributed by atoms with van der Waals surface area (Å²) in [6.45, 7) is -0.493. The van der Waals surface area contributed by atoms with Crippen molar-refractivity contribution in [2.75, 3.05) is 5.01 Å². The van der Waals surface area contributed by atoms with Crippen LogP contribution in [0.5, 0.6) is 0 Å². The highest BCUT2D eigenvalue weighted by Gasteiger charge is 2.32. The number of hydrazone groups is 1. The van der Waals surface area contributed by atoms with Crippen LogP contribution in [0.3, 0.4) is 0 Å². The SMILES string of the molecule is CC1=NN(c2ccccc2)C(=O)/C1=C/N=C1C=CC=CC1=P(c1ccccc1)(c1ccccc1)c1ccccc1. The van der Waals surface area contributed by atoms with Gasteiger partial charge in [-0.3, -0.25) is 9.79 Å². The van der Waals surface area contributed by atoms with E-state index in [0.717, 1.165) is 16.7 Å². The first-order valence-corrected chi connectivity index (χ1v) is 15.0. The largest absolute Gasteiger partial charge is 0.282 e. The first-order valence-electron chi connectivity index (χ1n) is 13.2. The minimum absolute atomic E-state index is 0.180. The third-order valence-electron chi connectivity index (χ3n) is 7.07. The Labute approximate surface area is 235 Å². The fourth-order valence-electron chi connectivity index (χ4n) is 5.22. The van der Waals surface area contributed by atoms with Crippen molar-refractivity contribution in [1.29, 1.82) is 0 Å². The summed E-state index contributed by atoms with van der Waals surface area (Å²) in [4.78, 5) is 18.4. The Balaban J connectivity index is 1.59. The first kappa shape index (κ1) is 25.5. The van der Waals surface area contributed by atoms with E-state index in [0.29, 0.717) is 11.3 Å². The van der Waals surface area contributed by atoms with Gasteiger partial charge >= 0.3 is 0 Å². The number of aliphatic imine (C=N–C) groups is 1. The van der Waals surface area contributed by atoms with Gasteiger partial charge in [-0.05, 0) is 47.9 Å². The van der Waals surface area contributed by atoms with Gasteiger partial charge in [0.15, 0.2) is 0 Å². The highest BCUT2D eigenvalue weighted by molar-refractivity contribution is 7.96. The number of anilines is 1. The molecule has 4 nitrogen and oxygen atoms in total. The van der Waals surface area contributed by atoms with Crippen LogP contribution >= 0.6 is 6.89 Å². The molecule has 0 N–H and O–H groups in total. The van der Waals surface area contributed by atoms with Crippen LogP contribution in [0.25, 0.3) is 0 Å². The van der Waals surface area contributed by atoms with Crippen molar-refractivity contribution in [1.82, 2.24) is 0 Å². The summed E-state index contributed by atoms with van der Waals surface area (Å²) < 4.78 is 0. The van der Waals surface area contributed by atoms with Gasteiger partial charge in [0.1, 0.15) is 0 Å². The summed E-state index contributed by atoms with van der Waals surface area (Å²) in [5.74, 6) is -0.180. The number of allylic oxidation sites excluding steroid dienone is 4. The normalized spacial score (nSPS) is 17.1. The molecule has 4 aromatic carbocycles. The van der Waals surface area contributed by atoms with E-state index in [-0.39, 0.29) is 5.91 Å². The molecule has 0 atom stereocenters. The fraction of sp³-hybridized carbons (Fsp3) is 0.0286. The molecule has 0 bridgehead atoms. The Hall–Kier alpha value is -4.79. The summed E-state index contributed by atoms with van der Waals surface area (Å²) in [6, 6.07) is 41.6. The van der Waals surface area contributed by atoms with Crippen molar-refractivity contribution >= 4 is 51.1 Å². The Morgan fingerprint density at radius 2 is 1.15 bits per heavy atom. The zero-order chi connectivity index (χ0) is 27.4. The second kappa shape index (κ2) is 11.1. The lowest BCUT2D eigenvalue weighted by Crippen LogP contribution is -2.32. The molecule has 1 aliphatic heterocycles. The van der Waals surface area contributed by atoms with Crippen molar-refractivity contribution in [2.24, 2.45) is 10.1 Å². The number of hydrogen-bond acceptors (Lipinski definition) is 3. The predicted octanol–water partition coefficient (Wildman–Crippen LogP) is 6.03. The molecular weight excluding hydrogens is 509 g/mol. The number of benzene rings is 4. The molecule has 40 heavy (non-hydrogen) atoms. The molecule has 1 heterocycles. The molecule has 0 saturated heterocycles. The van der Waals surface area contributed by atoms with E-state index in [9.17, 15) is 4.79 Å². The van der Waals surface area contributed by atoms with E-state index in [1.807, 2.05) is 49.4 Å². The zero-order valence-electron chi connectivity index (χ0n) is 22.1. The number of para-hydroxylation sites is 1. The van der Waals surface area contributed by atoms with Crippen molar-refractivity contribution in [3.05, 3.63) is 157 Å². The monoisotopic (exact) mass is 537 g/mol. The molecule has 0 spiro atoms. The quantitative estimate of drug-likeness (QED) is 0.227. The van der Waals surface area contributed by atoms with E-state index in [2.05, 4.69) is 108 Å². The van der Waals surface area contributed by atoms with Crippen molar-refractivity contribution in [3.8, 4) is 0 Å². The average molecular weight is 538 g/mol. The predicted molar refractivity (Wildman–Crippen MR) is 171 cm³/mol. The van der Waals surface area contributed by atoms with Gasteiger partial charge in [0, 0.05) is 11.5 Å². The molecule has 0 saturated carbocycles. The van der Waals surface area contributed by atoms with Crippen LogP contribution in [0.2, 0.25) is 0 Å².